The smallest absolute Gasteiger partial charge is 0.207 e. The molecule has 2 N–H and O–H groups in total. The van der Waals surface area contributed by atoms with Crippen LogP contribution in [-0.4, -0.2) is 11.4 Å². The number of hydrogen-bond donors (Lipinski definition) is 1. The van der Waals surface area contributed by atoms with E-state index in [4.69, 9.17) is 5.84 Å². The molecule has 0 bridgehead atoms. The molecule has 0 saturated heterocycles. The molecule has 4 heteroatoms. The van der Waals surface area contributed by atoms with Gasteiger partial charge in [-0.05, 0) is 17.7 Å². The van der Waals surface area contributed by atoms with Crippen LogP contribution in [0.15, 0.2) is 24.3 Å². The third-order valence-electron chi connectivity index (χ3n) is 1.53. The number of rotatable bonds is 3. The van der Waals surface area contributed by atoms with E-state index in [1.807, 2.05) is 0 Å². The number of hydrogen-bond acceptors (Lipinski definition) is 1. The molecule has 0 heterocycles. The van der Waals surface area contributed by atoms with Crippen molar-refractivity contribution in [2.24, 2.45) is 5.84 Å². The summed E-state index contributed by atoms with van der Waals surface area (Å²) in [6.45, 7) is 0.228. The molecule has 1 aromatic rings. The van der Waals surface area contributed by atoms with Gasteiger partial charge in [-0.25, -0.2) is 4.39 Å². The number of hydrazine groups is 1. The van der Waals surface area contributed by atoms with E-state index in [9.17, 15) is 9.30 Å². The van der Waals surface area contributed by atoms with Gasteiger partial charge >= 0.3 is 0 Å². The van der Waals surface area contributed by atoms with Crippen molar-refractivity contribution in [3.8, 4) is 0 Å². The molecule has 3 nitrogen and oxygen atoms in total. The lowest BCUT2D eigenvalue weighted by molar-refractivity contribution is -0.559. The Morgan fingerprint density at radius 3 is 2.42 bits per heavy atom. The molecule has 0 aromatic heterocycles. The zero-order valence-corrected chi connectivity index (χ0v) is 6.53. The fourth-order valence-electron chi connectivity index (χ4n) is 0.890. The third-order valence-corrected chi connectivity index (χ3v) is 1.53. The Labute approximate surface area is 69.5 Å². The normalized spacial score (nSPS) is 9.75. The molecule has 0 spiro atoms. The molecule has 0 aliphatic rings. The lowest BCUT2D eigenvalue weighted by Gasteiger charge is -1.94. The van der Waals surface area contributed by atoms with Gasteiger partial charge in [-0.2, -0.15) is 5.84 Å². The maximum atomic E-state index is 12.4. The largest absolute Gasteiger partial charge is 0.228 e. The average Bonchev–Trinajstić information content (AvgIpc) is 2.03. The summed E-state index contributed by atoms with van der Waals surface area (Å²) < 4.78 is 12.4. The molecule has 0 aliphatic heterocycles. The van der Waals surface area contributed by atoms with Gasteiger partial charge in [0.2, 0.25) is 6.54 Å². The quantitative estimate of drug-likeness (QED) is 0.417. The van der Waals surface area contributed by atoms with Gasteiger partial charge in [0.1, 0.15) is 10.7 Å². The predicted octanol–water partition coefficient (Wildman–Crippen LogP) is 1.02. The van der Waals surface area contributed by atoms with Gasteiger partial charge in [0.05, 0.1) is 4.91 Å². The van der Waals surface area contributed by atoms with E-state index in [2.05, 4.69) is 0 Å². The van der Waals surface area contributed by atoms with E-state index < -0.39 is 0 Å². The maximum Gasteiger partial charge on any atom is 0.228 e. The highest BCUT2D eigenvalue weighted by atomic mass is 19.1. The Kier molecular flexibility index (Phi) is 2.74. The summed E-state index contributed by atoms with van der Waals surface area (Å²) in [5.41, 5.74) is 0.905. The van der Waals surface area contributed by atoms with Crippen molar-refractivity contribution >= 4 is 0 Å². The Morgan fingerprint density at radius 1 is 1.33 bits per heavy atom. The summed E-state index contributed by atoms with van der Waals surface area (Å²) in [5, 5.41) is 0. The summed E-state index contributed by atoms with van der Waals surface area (Å²) in [6, 6.07) is 6.00. The molecular weight excluding hydrogens is 159 g/mol. The van der Waals surface area contributed by atoms with Crippen molar-refractivity contribution in [3.63, 3.8) is 0 Å². The molecule has 0 saturated carbocycles. The van der Waals surface area contributed by atoms with Crippen molar-refractivity contribution in [1.29, 1.82) is 0 Å². The summed E-state index contributed by atoms with van der Waals surface area (Å²) >= 11 is 0. The van der Waals surface area contributed by atoms with Crippen LogP contribution in [0, 0.1) is 10.7 Å². The van der Waals surface area contributed by atoms with Gasteiger partial charge < -0.3 is 0 Å². The first-order valence-electron chi connectivity index (χ1n) is 3.62. The number of nitrogens with zero attached hydrogens (tertiary/aromatic N) is 1. The van der Waals surface area contributed by atoms with E-state index in [1.54, 1.807) is 12.1 Å². The highest BCUT2D eigenvalue weighted by Gasteiger charge is 2.01. The first-order valence-corrected chi connectivity index (χ1v) is 3.62. The van der Waals surface area contributed by atoms with Gasteiger partial charge in [-0.3, -0.25) is 0 Å². The van der Waals surface area contributed by atoms with Gasteiger partial charge in [-0.1, -0.05) is 12.1 Å². The van der Waals surface area contributed by atoms with Crippen molar-refractivity contribution in [1.82, 2.24) is 0 Å². The number of benzene rings is 1. The summed E-state index contributed by atoms with van der Waals surface area (Å²) in [6.07, 6.45) is 0.542. The minimum Gasteiger partial charge on any atom is -0.207 e. The van der Waals surface area contributed by atoms with Crippen LogP contribution in [0.4, 0.5) is 4.39 Å². The third kappa shape index (κ3) is 2.65. The van der Waals surface area contributed by atoms with Crippen LogP contribution in [0.3, 0.4) is 0 Å². The van der Waals surface area contributed by atoms with Crippen LogP contribution in [0.25, 0.3) is 0 Å². The van der Waals surface area contributed by atoms with E-state index in [-0.39, 0.29) is 12.4 Å². The van der Waals surface area contributed by atoms with Gasteiger partial charge in [-0.15, -0.1) is 0 Å². The van der Waals surface area contributed by atoms with Crippen molar-refractivity contribution < 1.29 is 9.26 Å². The number of halogens is 1. The molecule has 1 aromatic carbocycles. The van der Waals surface area contributed by atoms with Crippen LogP contribution in [0.2, 0.25) is 0 Å². The molecule has 0 unspecified atom stereocenters. The highest BCUT2D eigenvalue weighted by molar-refractivity contribution is 5.15. The molecule has 0 aliphatic carbocycles. The molecule has 0 fully saturated rings. The SMILES string of the molecule is N[N+](=O)CCc1ccc(F)cc1. The number of nitrogens with two attached hydrogens (primary N) is 1. The first-order chi connectivity index (χ1) is 5.68. The second-order valence-electron chi connectivity index (χ2n) is 2.52. The van der Waals surface area contributed by atoms with Crippen molar-refractivity contribution in [3.05, 3.63) is 40.6 Å². The van der Waals surface area contributed by atoms with Crippen LogP contribution in [0.5, 0.6) is 0 Å². The molecule has 0 amide bonds. The van der Waals surface area contributed by atoms with Crippen LogP contribution in [-0.2, 0) is 6.42 Å². The summed E-state index contributed by atoms with van der Waals surface area (Å²) in [4.78, 5) is 10.7. The molecule has 64 valence electrons. The van der Waals surface area contributed by atoms with E-state index >= 15 is 0 Å². The summed E-state index contributed by atoms with van der Waals surface area (Å²) in [7, 11) is 0. The van der Waals surface area contributed by atoms with Gasteiger partial charge in [0.15, 0.2) is 0 Å². The van der Waals surface area contributed by atoms with E-state index in [0.717, 1.165) is 5.56 Å². The Morgan fingerprint density at radius 2 is 1.92 bits per heavy atom. The second-order valence-corrected chi connectivity index (χ2v) is 2.52. The summed E-state index contributed by atoms with van der Waals surface area (Å²) in [5.74, 6) is 4.60. The van der Waals surface area contributed by atoms with Gasteiger partial charge in [0.25, 0.3) is 0 Å². The monoisotopic (exact) mass is 169 g/mol. The average molecular weight is 169 g/mol. The highest BCUT2D eigenvalue weighted by Crippen LogP contribution is 2.02. The van der Waals surface area contributed by atoms with Crippen LogP contribution < -0.4 is 5.84 Å². The van der Waals surface area contributed by atoms with Crippen LogP contribution >= 0.6 is 0 Å². The van der Waals surface area contributed by atoms with Gasteiger partial charge in [0, 0.05) is 6.42 Å². The Bertz CT molecular complexity index is 271. The number of nitroso groups, excluding NO2 is 1. The first kappa shape index (κ1) is 8.64. The molecule has 1 rings (SSSR count). The molecule has 0 radical (unpaired) electrons. The van der Waals surface area contributed by atoms with E-state index in [1.165, 1.54) is 12.1 Å². The van der Waals surface area contributed by atoms with Crippen molar-refractivity contribution in [2.75, 3.05) is 6.54 Å². The Hall–Kier alpha value is -1.45. The predicted molar refractivity (Wildman–Crippen MR) is 42.8 cm³/mol. The molecular formula is C8H10FN2O+. The maximum absolute atomic E-state index is 12.4. The minimum atomic E-state index is -0.273. The zero-order valence-electron chi connectivity index (χ0n) is 6.53. The van der Waals surface area contributed by atoms with Crippen molar-refractivity contribution in [2.45, 2.75) is 6.42 Å². The Balaban J connectivity index is 2.53. The standard InChI is InChI=1S/C8H10FN2O/c9-8-3-1-7(2-4-8)5-6-11(10)12/h1-4H,5-6H2,(H2,10,12)/q+1. The topological polar surface area (TPSA) is 46.1 Å². The van der Waals surface area contributed by atoms with E-state index in [0.29, 0.717) is 11.3 Å². The molecule has 0 atom stereocenters. The zero-order chi connectivity index (χ0) is 8.97. The lowest BCUT2D eigenvalue weighted by Crippen LogP contribution is -2.18. The van der Waals surface area contributed by atoms with Crippen LogP contribution in [0.1, 0.15) is 5.56 Å². The minimum absolute atomic E-state index is 0.228. The lowest BCUT2D eigenvalue weighted by atomic mass is 10.1. The molecule has 12 heavy (non-hydrogen) atoms. The fourth-order valence-corrected chi connectivity index (χ4v) is 0.890. The fraction of sp³-hybridized carbons (Fsp3) is 0.250. The second kappa shape index (κ2) is 3.80.